The molecule has 1 atom stereocenters. The van der Waals surface area contributed by atoms with Crippen molar-refractivity contribution >= 4 is 5.91 Å². The second-order valence-electron chi connectivity index (χ2n) is 6.68. The predicted octanol–water partition coefficient (Wildman–Crippen LogP) is 1.53. The number of aliphatic hydroxyl groups is 1. The lowest BCUT2D eigenvalue weighted by Crippen LogP contribution is -2.68. The molecule has 2 rings (SSSR count). The number of hydrogen-bond donors (Lipinski definition) is 2. The van der Waals surface area contributed by atoms with E-state index in [9.17, 15) is 9.90 Å². The lowest BCUT2D eigenvalue weighted by molar-refractivity contribution is -0.154. The molecule has 110 valence electrons. The van der Waals surface area contributed by atoms with Gasteiger partial charge in [-0.15, -0.1) is 0 Å². The van der Waals surface area contributed by atoms with Gasteiger partial charge in [-0.25, -0.2) is 0 Å². The summed E-state index contributed by atoms with van der Waals surface area (Å²) in [6, 6.07) is 0.245. The molecule has 1 saturated carbocycles. The van der Waals surface area contributed by atoms with Gasteiger partial charge < -0.3 is 10.4 Å². The van der Waals surface area contributed by atoms with Crippen LogP contribution in [0.4, 0.5) is 0 Å². The summed E-state index contributed by atoms with van der Waals surface area (Å²) >= 11 is 0. The highest BCUT2D eigenvalue weighted by Gasteiger charge is 2.46. The highest BCUT2D eigenvalue weighted by atomic mass is 16.3. The third-order valence-electron chi connectivity index (χ3n) is 4.91. The molecule has 0 aromatic rings. The minimum atomic E-state index is -0.598. The number of hydrogen-bond acceptors (Lipinski definition) is 3. The number of carbonyl (C=O) groups excluding carboxylic acids is 1. The summed E-state index contributed by atoms with van der Waals surface area (Å²) in [6.45, 7) is 7.24. The van der Waals surface area contributed by atoms with Gasteiger partial charge in [0.1, 0.15) is 0 Å². The van der Waals surface area contributed by atoms with Gasteiger partial charge in [-0.1, -0.05) is 33.1 Å². The molecule has 0 spiro atoms. The second kappa shape index (κ2) is 5.80. The van der Waals surface area contributed by atoms with Crippen molar-refractivity contribution in [1.29, 1.82) is 0 Å². The molecular weight excluding hydrogens is 240 g/mol. The molecule has 1 aliphatic carbocycles. The topological polar surface area (TPSA) is 52.6 Å². The maximum atomic E-state index is 12.2. The van der Waals surface area contributed by atoms with Crippen molar-refractivity contribution in [2.24, 2.45) is 5.92 Å². The van der Waals surface area contributed by atoms with Crippen molar-refractivity contribution in [1.82, 2.24) is 10.2 Å². The smallest absolute Gasteiger partial charge is 0.237 e. The molecule has 0 aromatic heterocycles. The molecule has 4 heteroatoms. The van der Waals surface area contributed by atoms with E-state index in [1.165, 1.54) is 19.3 Å². The van der Waals surface area contributed by atoms with E-state index in [1.54, 1.807) is 0 Å². The van der Waals surface area contributed by atoms with Gasteiger partial charge in [0, 0.05) is 19.1 Å². The van der Waals surface area contributed by atoms with Crippen LogP contribution in [0.25, 0.3) is 0 Å². The Morgan fingerprint density at radius 2 is 1.79 bits per heavy atom. The van der Waals surface area contributed by atoms with Gasteiger partial charge in [-0.2, -0.15) is 0 Å². The van der Waals surface area contributed by atoms with E-state index in [4.69, 9.17) is 0 Å². The Kier molecular flexibility index (Phi) is 4.51. The van der Waals surface area contributed by atoms with Gasteiger partial charge in [0.05, 0.1) is 11.6 Å². The lowest BCUT2D eigenvalue weighted by atomic mass is 9.82. The molecule has 1 saturated heterocycles. The van der Waals surface area contributed by atoms with Crippen LogP contribution in [0, 0.1) is 5.92 Å². The zero-order valence-corrected chi connectivity index (χ0v) is 12.5. The van der Waals surface area contributed by atoms with Gasteiger partial charge in [-0.3, -0.25) is 9.69 Å². The number of amides is 1. The van der Waals surface area contributed by atoms with Gasteiger partial charge in [0.2, 0.25) is 5.91 Å². The van der Waals surface area contributed by atoms with E-state index < -0.39 is 5.60 Å². The van der Waals surface area contributed by atoms with Gasteiger partial charge in [0.15, 0.2) is 0 Å². The molecule has 0 radical (unpaired) electrons. The van der Waals surface area contributed by atoms with Crippen LogP contribution in [0.2, 0.25) is 0 Å². The molecule has 4 nitrogen and oxygen atoms in total. The minimum absolute atomic E-state index is 0.123. The number of nitrogens with zero attached hydrogens (tertiary/aromatic N) is 1. The van der Waals surface area contributed by atoms with Gasteiger partial charge in [0.25, 0.3) is 0 Å². The number of likely N-dealkylation sites (tertiary alicyclic amines) is 1. The first-order chi connectivity index (χ1) is 8.92. The summed E-state index contributed by atoms with van der Waals surface area (Å²) in [5.74, 6) is 0.370. The number of carbonyl (C=O) groups is 1. The van der Waals surface area contributed by atoms with E-state index in [0.29, 0.717) is 19.1 Å². The fourth-order valence-corrected chi connectivity index (χ4v) is 3.03. The van der Waals surface area contributed by atoms with Crippen LogP contribution in [0.1, 0.15) is 52.9 Å². The fraction of sp³-hybridized carbons (Fsp3) is 0.933. The monoisotopic (exact) mass is 268 g/mol. The summed E-state index contributed by atoms with van der Waals surface area (Å²) in [6.07, 6.45) is 6.00. The third-order valence-corrected chi connectivity index (χ3v) is 4.91. The lowest BCUT2D eigenvalue weighted by Gasteiger charge is -2.51. The maximum Gasteiger partial charge on any atom is 0.237 e. The van der Waals surface area contributed by atoms with Crippen LogP contribution in [0.3, 0.4) is 0 Å². The van der Waals surface area contributed by atoms with Crippen molar-refractivity contribution in [2.45, 2.75) is 70.6 Å². The van der Waals surface area contributed by atoms with Crippen LogP contribution in [-0.4, -0.2) is 46.7 Å². The SMILES string of the molecule is CC(C(=O)NC1CCCCC1)N1CC(O)(C(C)C)C1. The zero-order chi connectivity index (χ0) is 14.0. The first-order valence-corrected chi connectivity index (χ1v) is 7.69. The van der Waals surface area contributed by atoms with Crippen LogP contribution in [-0.2, 0) is 4.79 Å². The fourth-order valence-electron chi connectivity index (χ4n) is 3.03. The summed E-state index contributed by atoms with van der Waals surface area (Å²) in [7, 11) is 0. The Morgan fingerprint density at radius 1 is 1.21 bits per heavy atom. The van der Waals surface area contributed by atoms with E-state index in [0.717, 1.165) is 12.8 Å². The van der Waals surface area contributed by atoms with Crippen molar-refractivity contribution in [3.05, 3.63) is 0 Å². The first kappa shape index (κ1) is 14.8. The van der Waals surface area contributed by atoms with Crippen LogP contribution in [0.15, 0.2) is 0 Å². The summed E-state index contributed by atoms with van der Waals surface area (Å²) in [4.78, 5) is 14.3. The molecule has 0 aromatic carbocycles. The van der Waals surface area contributed by atoms with Gasteiger partial charge >= 0.3 is 0 Å². The number of β-amino-alcohol motifs (C(OH)–C–C–N with tert-alkyl or cyclic N) is 1. The average Bonchev–Trinajstić information content (AvgIpc) is 2.35. The zero-order valence-electron chi connectivity index (χ0n) is 12.5. The molecule has 2 aliphatic rings. The minimum Gasteiger partial charge on any atom is -0.387 e. The standard InChI is InChI=1S/C15H28N2O2/c1-11(2)15(19)9-17(10-15)12(3)14(18)16-13-7-5-4-6-8-13/h11-13,19H,4-10H2,1-3H3,(H,16,18). The Bertz CT molecular complexity index is 318. The predicted molar refractivity (Wildman–Crippen MR) is 75.8 cm³/mol. The summed E-state index contributed by atoms with van der Waals surface area (Å²) in [5.41, 5.74) is -0.598. The number of rotatable bonds is 4. The molecule has 2 fully saturated rings. The summed E-state index contributed by atoms with van der Waals surface area (Å²) in [5, 5.41) is 13.4. The molecule has 0 bridgehead atoms. The Balaban J connectivity index is 1.77. The molecule has 2 N–H and O–H groups in total. The number of nitrogens with one attached hydrogen (secondary N) is 1. The average molecular weight is 268 g/mol. The van der Waals surface area contributed by atoms with Crippen molar-refractivity contribution < 1.29 is 9.90 Å². The highest BCUT2D eigenvalue weighted by Crippen LogP contribution is 2.30. The second-order valence-corrected chi connectivity index (χ2v) is 6.68. The molecule has 1 aliphatic heterocycles. The maximum absolute atomic E-state index is 12.2. The molecule has 1 heterocycles. The Morgan fingerprint density at radius 3 is 2.32 bits per heavy atom. The quantitative estimate of drug-likeness (QED) is 0.813. The highest BCUT2D eigenvalue weighted by molar-refractivity contribution is 5.81. The molecule has 1 amide bonds. The van der Waals surface area contributed by atoms with Crippen LogP contribution >= 0.6 is 0 Å². The summed E-state index contributed by atoms with van der Waals surface area (Å²) < 4.78 is 0. The van der Waals surface area contributed by atoms with E-state index in [-0.39, 0.29) is 17.9 Å². The Labute approximate surface area is 116 Å². The van der Waals surface area contributed by atoms with Gasteiger partial charge in [-0.05, 0) is 25.7 Å². The van der Waals surface area contributed by atoms with Crippen LogP contribution < -0.4 is 5.32 Å². The van der Waals surface area contributed by atoms with E-state index in [1.807, 2.05) is 20.8 Å². The van der Waals surface area contributed by atoms with Crippen LogP contribution in [0.5, 0.6) is 0 Å². The van der Waals surface area contributed by atoms with Crippen molar-refractivity contribution in [2.75, 3.05) is 13.1 Å². The molecular formula is C15H28N2O2. The normalized spacial score (nSPS) is 25.9. The first-order valence-electron chi connectivity index (χ1n) is 7.69. The van der Waals surface area contributed by atoms with E-state index >= 15 is 0 Å². The molecule has 19 heavy (non-hydrogen) atoms. The Hall–Kier alpha value is -0.610. The third kappa shape index (κ3) is 3.29. The van der Waals surface area contributed by atoms with Crippen molar-refractivity contribution in [3.8, 4) is 0 Å². The largest absolute Gasteiger partial charge is 0.387 e. The van der Waals surface area contributed by atoms with E-state index in [2.05, 4.69) is 10.2 Å². The molecule has 1 unspecified atom stereocenters. The van der Waals surface area contributed by atoms with Crippen molar-refractivity contribution in [3.63, 3.8) is 0 Å².